The van der Waals surface area contributed by atoms with Crippen molar-refractivity contribution in [2.45, 2.75) is 44.6 Å². The zero-order chi connectivity index (χ0) is 15.3. The van der Waals surface area contributed by atoms with E-state index in [1.165, 1.54) is 0 Å². The van der Waals surface area contributed by atoms with Crippen molar-refractivity contribution in [1.29, 1.82) is 0 Å². The van der Waals surface area contributed by atoms with Gasteiger partial charge < -0.3 is 14.4 Å². The highest BCUT2D eigenvalue weighted by atomic mass is 32.2. The Balaban J connectivity index is 1.58. The molecule has 0 aromatic heterocycles. The molecule has 4 fully saturated rings. The van der Waals surface area contributed by atoms with Crippen LogP contribution in [0.4, 0.5) is 0 Å². The average Bonchev–Trinajstić information content (AvgIpc) is 2.38. The second-order valence-corrected chi connectivity index (χ2v) is 8.52. The van der Waals surface area contributed by atoms with Gasteiger partial charge in [0.05, 0.1) is 28.2 Å². The van der Waals surface area contributed by atoms with Gasteiger partial charge in [-0.1, -0.05) is 0 Å². The third-order valence-electron chi connectivity index (χ3n) is 5.43. The van der Waals surface area contributed by atoms with E-state index in [4.69, 9.17) is 4.74 Å². The van der Waals surface area contributed by atoms with Gasteiger partial charge in [-0.05, 0) is 56.3 Å². The molecule has 0 aromatic carbocycles. The molecule has 1 N–H and O–H groups in total. The first-order valence-electron chi connectivity index (χ1n) is 7.58. The first-order valence-corrected chi connectivity index (χ1v) is 9.16. The molecule has 0 spiro atoms. The van der Waals surface area contributed by atoms with Crippen molar-refractivity contribution in [1.82, 2.24) is 0 Å². The maximum absolute atomic E-state index is 12.4. The number of aliphatic hydroxyl groups excluding tert-OH is 1. The van der Waals surface area contributed by atoms with E-state index in [1.807, 2.05) is 0 Å². The maximum atomic E-state index is 12.4. The van der Waals surface area contributed by atoms with E-state index in [1.54, 1.807) is 0 Å². The molecule has 6 nitrogen and oxygen atoms in total. The molecule has 120 valence electrons. The molecule has 4 bridgehead atoms. The first-order chi connectivity index (χ1) is 9.79. The van der Waals surface area contributed by atoms with Crippen LogP contribution in [0.25, 0.3) is 0 Å². The Bertz CT molecular complexity index is 512. The van der Waals surface area contributed by atoms with E-state index in [0.29, 0.717) is 18.8 Å². The number of esters is 1. The largest absolute Gasteiger partial charge is 0.748 e. The Morgan fingerprint density at radius 1 is 1.24 bits per heavy atom. The molecule has 2 unspecified atom stereocenters. The van der Waals surface area contributed by atoms with Crippen LogP contribution in [-0.4, -0.2) is 42.5 Å². The van der Waals surface area contributed by atoms with E-state index in [0.717, 1.165) is 19.3 Å². The van der Waals surface area contributed by atoms with Crippen LogP contribution >= 0.6 is 0 Å². The van der Waals surface area contributed by atoms with E-state index in [2.05, 4.69) is 0 Å². The molecular weight excluding hydrogens is 296 g/mol. The molecule has 7 heteroatoms. The fourth-order valence-corrected chi connectivity index (χ4v) is 5.27. The number of ether oxygens (including phenoxy) is 1. The molecule has 0 radical (unpaired) electrons. The summed E-state index contributed by atoms with van der Waals surface area (Å²) in [5.74, 6) is 0.133. The monoisotopic (exact) mass is 317 g/mol. The summed E-state index contributed by atoms with van der Waals surface area (Å²) < 4.78 is 36.8. The molecule has 0 aliphatic heterocycles. The van der Waals surface area contributed by atoms with Crippen molar-refractivity contribution >= 4 is 16.1 Å². The predicted octanol–water partition coefficient (Wildman–Crippen LogP) is 0.652. The highest BCUT2D eigenvalue weighted by molar-refractivity contribution is 7.85. The standard InChI is InChI=1S/C14H22O6S/c15-12-10-4-9-5-11(12)8-14(6-9,7-10)13(16)20-2-1-3-21(17,18)19/h9-12,15H,1-8H2,(H,17,18,19)/p-1. The minimum atomic E-state index is -4.25. The lowest BCUT2D eigenvalue weighted by Gasteiger charge is -2.57. The van der Waals surface area contributed by atoms with Gasteiger partial charge in [-0.2, -0.15) is 0 Å². The van der Waals surface area contributed by atoms with Crippen LogP contribution in [0.5, 0.6) is 0 Å². The lowest BCUT2D eigenvalue weighted by molar-refractivity contribution is -0.184. The van der Waals surface area contributed by atoms with Crippen molar-refractivity contribution in [3.05, 3.63) is 0 Å². The third-order valence-corrected chi connectivity index (χ3v) is 6.22. The summed E-state index contributed by atoms with van der Waals surface area (Å²) in [6.07, 6.45) is 3.95. The fourth-order valence-electron chi connectivity index (χ4n) is 4.80. The first kappa shape index (κ1) is 15.2. The summed E-state index contributed by atoms with van der Waals surface area (Å²) in [4.78, 5) is 12.4. The average molecular weight is 317 g/mol. The third kappa shape index (κ3) is 2.96. The topological polar surface area (TPSA) is 104 Å². The van der Waals surface area contributed by atoms with Crippen molar-refractivity contribution < 1.29 is 27.6 Å². The second-order valence-electron chi connectivity index (χ2n) is 6.99. The van der Waals surface area contributed by atoms with Crippen molar-refractivity contribution in [3.63, 3.8) is 0 Å². The van der Waals surface area contributed by atoms with Gasteiger partial charge in [0.2, 0.25) is 0 Å². The molecule has 0 aromatic rings. The minimum absolute atomic E-state index is 0.0232. The van der Waals surface area contributed by atoms with Crippen LogP contribution in [0.3, 0.4) is 0 Å². The molecule has 0 saturated heterocycles. The van der Waals surface area contributed by atoms with Gasteiger partial charge in [-0.15, -0.1) is 0 Å². The van der Waals surface area contributed by atoms with Crippen molar-refractivity contribution in [2.75, 3.05) is 12.4 Å². The zero-order valence-electron chi connectivity index (χ0n) is 11.9. The van der Waals surface area contributed by atoms with Crippen LogP contribution in [0, 0.1) is 23.2 Å². The number of aliphatic hydroxyl groups is 1. The number of rotatable bonds is 5. The number of hydrogen-bond acceptors (Lipinski definition) is 6. The molecule has 4 aliphatic carbocycles. The van der Waals surface area contributed by atoms with Crippen molar-refractivity contribution in [2.24, 2.45) is 23.2 Å². The quantitative estimate of drug-likeness (QED) is 0.453. The summed E-state index contributed by atoms with van der Waals surface area (Å²) in [5.41, 5.74) is -0.480. The van der Waals surface area contributed by atoms with E-state index in [-0.39, 0.29) is 36.9 Å². The van der Waals surface area contributed by atoms with Gasteiger partial charge in [0.15, 0.2) is 0 Å². The Morgan fingerprint density at radius 3 is 2.43 bits per heavy atom. The lowest BCUT2D eigenvalue weighted by atomic mass is 9.48. The van der Waals surface area contributed by atoms with Gasteiger partial charge in [0.1, 0.15) is 0 Å². The van der Waals surface area contributed by atoms with Gasteiger partial charge in [0.25, 0.3) is 0 Å². The zero-order valence-corrected chi connectivity index (χ0v) is 12.7. The minimum Gasteiger partial charge on any atom is -0.748 e. The highest BCUT2D eigenvalue weighted by Gasteiger charge is 2.58. The number of carbonyl (C=O) groups is 1. The summed E-state index contributed by atoms with van der Waals surface area (Å²) in [6, 6.07) is 0. The normalized spacial score (nSPS) is 41.2. The second kappa shape index (κ2) is 5.21. The molecule has 4 aliphatic rings. The Labute approximate surface area is 124 Å². The predicted molar refractivity (Wildman–Crippen MR) is 72.1 cm³/mol. The summed E-state index contributed by atoms with van der Waals surface area (Å²) in [7, 11) is -4.25. The lowest BCUT2D eigenvalue weighted by Crippen LogP contribution is -2.56. The van der Waals surface area contributed by atoms with Crippen LogP contribution < -0.4 is 0 Å². The Hall–Kier alpha value is -0.660. The number of hydrogen-bond donors (Lipinski definition) is 1. The highest BCUT2D eigenvalue weighted by Crippen LogP contribution is 2.60. The van der Waals surface area contributed by atoms with Gasteiger partial charge >= 0.3 is 5.97 Å². The summed E-state index contributed by atoms with van der Waals surface area (Å²) >= 11 is 0. The number of carbonyl (C=O) groups excluding carboxylic acids is 1. The molecule has 0 amide bonds. The van der Waals surface area contributed by atoms with Gasteiger partial charge in [-0.25, -0.2) is 8.42 Å². The Kier molecular flexibility index (Phi) is 3.78. The maximum Gasteiger partial charge on any atom is 0.312 e. The van der Waals surface area contributed by atoms with E-state index >= 15 is 0 Å². The van der Waals surface area contributed by atoms with Crippen LogP contribution in [0.15, 0.2) is 0 Å². The van der Waals surface area contributed by atoms with Crippen molar-refractivity contribution in [3.8, 4) is 0 Å². The molecule has 2 atom stereocenters. The van der Waals surface area contributed by atoms with Gasteiger partial charge in [0, 0.05) is 5.75 Å². The SMILES string of the molecule is O=C(OCCCS(=O)(=O)[O-])C12CC3CC(C1)C(O)C(C3)C2. The Morgan fingerprint density at radius 2 is 1.86 bits per heavy atom. The van der Waals surface area contributed by atoms with E-state index in [9.17, 15) is 22.9 Å². The smallest absolute Gasteiger partial charge is 0.312 e. The molecule has 4 rings (SSSR count). The molecular formula is C14H21O6S-. The summed E-state index contributed by atoms with van der Waals surface area (Å²) in [5, 5.41) is 10.2. The van der Waals surface area contributed by atoms with Crippen LogP contribution in [-0.2, 0) is 19.6 Å². The van der Waals surface area contributed by atoms with Gasteiger partial charge in [-0.3, -0.25) is 4.79 Å². The molecule has 21 heavy (non-hydrogen) atoms. The fraction of sp³-hybridized carbons (Fsp3) is 0.929. The van der Waals surface area contributed by atoms with Crippen LogP contribution in [0.2, 0.25) is 0 Å². The van der Waals surface area contributed by atoms with E-state index < -0.39 is 21.3 Å². The molecule has 4 saturated carbocycles. The molecule has 0 heterocycles. The van der Waals surface area contributed by atoms with Crippen LogP contribution in [0.1, 0.15) is 38.5 Å². The summed E-state index contributed by atoms with van der Waals surface area (Å²) in [6.45, 7) is -0.0232.